The van der Waals surface area contributed by atoms with Crippen LogP contribution < -0.4 is 10.2 Å². The zero-order chi connectivity index (χ0) is 18.8. The molecule has 1 aliphatic heterocycles. The Hall–Kier alpha value is -3.42. The molecule has 8 heteroatoms. The Morgan fingerprint density at radius 3 is 2.89 bits per heavy atom. The van der Waals surface area contributed by atoms with Crippen molar-refractivity contribution in [1.82, 2.24) is 15.5 Å². The molecule has 4 rings (SSSR count). The van der Waals surface area contributed by atoms with Crippen LogP contribution >= 0.6 is 0 Å². The molecule has 2 aromatic carbocycles. The Morgan fingerprint density at radius 2 is 2.11 bits per heavy atom. The van der Waals surface area contributed by atoms with E-state index in [0.29, 0.717) is 23.4 Å². The number of aromatic nitrogens is 2. The highest BCUT2D eigenvalue weighted by atomic mass is 16.6. The zero-order valence-electron chi connectivity index (χ0n) is 14.6. The molecule has 0 spiro atoms. The van der Waals surface area contributed by atoms with Crippen LogP contribution in [0.4, 0.5) is 11.4 Å². The van der Waals surface area contributed by atoms with Gasteiger partial charge in [0.15, 0.2) is 5.69 Å². The minimum Gasteiger partial charge on any atom is -0.371 e. The van der Waals surface area contributed by atoms with Crippen molar-refractivity contribution in [3.63, 3.8) is 0 Å². The third-order valence-corrected chi connectivity index (χ3v) is 4.93. The van der Waals surface area contributed by atoms with Crippen molar-refractivity contribution < 1.29 is 9.72 Å². The lowest BCUT2D eigenvalue weighted by Gasteiger charge is -2.18. The van der Waals surface area contributed by atoms with Crippen molar-refractivity contribution in [2.24, 2.45) is 5.92 Å². The predicted octanol–water partition coefficient (Wildman–Crippen LogP) is 2.73. The lowest BCUT2D eigenvalue weighted by atomic mass is 10.1. The summed E-state index contributed by atoms with van der Waals surface area (Å²) < 4.78 is 0. The highest BCUT2D eigenvalue weighted by Crippen LogP contribution is 2.24. The summed E-state index contributed by atoms with van der Waals surface area (Å²) in [6, 6.07) is 14.5. The van der Waals surface area contributed by atoms with Crippen LogP contribution in [0.3, 0.4) is 0 Å². The van der Waals surface area contributed by atoms with Gasteiger partial charge in [0.25, 0.3) is 11.6 Å². The van der Waals surface area contributed by atoms with E-state index in [1.54, 1.807) is 6.07 Å². The average Bonchev–Trinajstić information content (AvgIpc) is 3.33. The van der Waals surface area contributed by atoms with Gasteiger partial charge in [0.1, 0.15) is 0 Å². The summed E-state index contributed by atoms with van der Waals surface area (Å²) in [4.78, 5) is 25.3. The van der Waals surface area contributed by atoms with Gasteiger partial charge in [-0.3, -0.25) is 20.0 Å². The number of para-hydroxylation sites is 1. The number of rotatable bonds is 5. The molecule has 1 saturated heterocycles. The van der Waals surface area contributed by atoms with Crippen molar-refractivity contribution >= 4 is 28.2 Å². The number of H-pyrrole nitrogens is 1. The van der Waals surface area contributed by atoms with Crippen LogP contribution in [-0.4, -0.2) is 40.7 Å². The fourth-order valence-corrected chi connectivity index (χ4v) is 3.48. The minimum atomic E-state index is -0.481. The summed E-state index contributed by atoms with van der Waals surface area (Å²) >= 11 is 0. The molecular weight excluding hydrogens is 346 g/mol. The van der Waals surface area contributed by atoms with Gasteiger partial charge in [0.05, 0.1) is 10.4 Å². The molecule has 2 N–H and O–H groups in total. The largest absolute Gasteiger partial charge is 0.371 e. The molecule has 0 unspecified atom stereocenters. The molecule has 1 fully saturated rings. The number of anilines is 1. The second kappa shape index (κ2) is 7.06. The summed E-state index contributed by atoms with van der Waals surface area (Å²) in [5.41, 5.74) is 1.91. The van der Waals surface area contributed by atoms with Gasteiger partial charge >= 0.3 is 0 Å². The summed E-state index contributed by atoms with van der Waals surface area (Å²) in [6.07, 6.45) is 1.00. The van der Waals surface area contributed by atoms with Crippen molar-refractivity contribution in [2.45, 2.75) is 6.42 Å². The third-order valence-electron chi connectivity index (χ3n) is 4.93. The predicted molar refractivity (Wildman–Crippen MR) is 102 cm³/mol. The number of benzene rings is 2. The number of nitro benzene ring substituents is 1. The van der Waals surface area contributed by atoms with E-state index >= 15 is 0 Å². The van der Waals surface area contributed by atoms with Crippen molar-refractivity contribution in [3.8, 4) is 0 Å². The van der Waals surface area contributed by atoms with E-state index < -0.39 is 4.92 Å². The number of fused-ring (bicyclic) bond motifs is 1. The van der Waals surface area contributed by atoms with Crippen LogP contribution in [0.25, 0.3) is 10.9 Å². The number of amides is 1. The Labute approximate surface area is 155 Å². The first-order chi connectivity index (χ1) is 13.1. The Morgan fingerprint density at radius 1 is 1.30 bits per heavy atom. The average molecular weight is 365 g/mol. The molecule has 1 aromatic heterocycles. The van der Waals surface area contributed by atoms with E-state index in [9.17, 15) is 14.9 Å². The minimum absolute atomic E-state index is 0.0627. The van der Waals surface area contributed by atoms with Crippen LogP contribution in [0.5, 0.6) is 0 Å². The molecule has 1 aliphatic rings. The van der Waals surface area contributed by atoms with Crippen LogP contribution in [0.1, 0.15) is 16.9 Å². The summed E-state index contributed by atoms with van der Waals surface area (Å²) in [6.45, 7) is 2.39. The Bertz CT molecular complexity index is 985. The second-order valence-electron chi connectivity index (χ2n) is 6.71. The molecule has 0 bridgehead atoms. The van der Waals surface area contributed by atoms with Gasteiger partial charge in [-0.05, 0) is 30.5 Å². The molecule has 27 heavy (non-hydrogen) atoms. The number of aromatic amines is 1. The Balaban J connectivity index is 1.41. The smallest absolute Gasteiger partial charge is 0.272 e. The summed E-state index contributed by atoms with van der Waals surface area (Å²) in [7, 11) is 0. The lowest BCUT2D eigenvalue weighted by Crippen LogP contribution is -2.31. The van der Waals surface area contributed by atoms with Crippen molar-refractivity contribution in [1.29, 1.82) is 0 Å². The standard InChI is InChI=1S/C19H19N5O3/c25-19(18-16-10-15(24(26)27)6-7-17(16)21-22-18)20-11-13-8-9-23(12-13)14-4-2-1-3-5-14/h1-7,10,13H,8-9,11-12H2,(H,20,25)(H,21,22)/t13-/m1/s1. The highest BCUT2D eigenvalue weighted by Gasteiger charge is 2.24. The third kappa shape index (κ3) is 3.46. The molecule has 1 atom stereocenters. The number of hydrogen-bond donors (Lipinski definition) is 2. The van der Waals surface area contributed by atoms with Gasteiger partial charge in [-0.15, -0.1) is 0 Å². The molecule has 0 radical (unpaired) electrons. The van der Waals surface area contributed by atoms with Crippen molar-refractivity contribution in [2.75, 3.05) is 24.5 Å². The fraction of sp³-hybridized carbons (Fsp3) is 0.263. The molecule has 8 nitrogen and oxygen atoms in total. The highest BCUT2D eigenvalue weighted by molar-refractivity contribution is 6.05. The number of carbonyl (C=O) groups is 1. The maximum atomic E-state index is 12.5. The van der Waals surface area contributed by atoms with Gasteiger partial charge in [0, 0.05) is 42.8 Å². The first-order valence-electron chi connectivity index (χ1n) is 8.82. The van der Waals surface area contributed by atoms with Crippen molar-refractivity contribution in [3.05, 3.63) is 64.3 Å². The molecular formula is C19H19N5O3. The molecule has 0 aliphatic carbocycles. The number of nitro groups is 1. The molecule has 3 aromatic rings. The number of non-ortho nitro benzene ring substituents is 1. The first kappa shape index (κ1) is 17.0. The van der Waals surface area contributed by atoms with E-state index in [0.717, 1.165) is 19.5 Å². The summed E-state index contributed by atoms with van der Waals surface area (Å²) in [5.74, 6) is 0.0357. The topological polar surface area (TPSA) is 104 Å². The maximum absolute atomic E-state index is 12.5. The van der Waals surface area contributed by atoms with Crippen LogP contribution in [-0.2, 0) is 0 Å². The monoisotopic (exact) mass is 365 g/mol. The maximum Gasteiger partial charge on any atom is 0.272 e. The van der Waals surface area contributed by atoms with E-state index in [2.05, 4.69) is 32.5 Å². The second-order valence-corrected chi connectivity index (χ2v) is 6.71. The molecule has 0 saturated carbocycles. The van der Waals surface area contributed by atoms with Gasteiger partial charge in [0.2, 0.25) is 0 Å². The first-order valence-corrected chi connectivity index (χ1v) is 8.82. The molecule has 2 heterocycles. The fourth-order valence-electron chi connectivity index (χ4n) is 3.48. The number of carbonyl (C=O) groups excluding carboxylic acids is 1. The normalized spacial score (nSPS) is 16.6. The van der Waals surface area contributed by atoms with Gasteiger partial charge in [-0.25, -0.2) is 0 Å². The number of nitrogens with zero attached hydrogens (tertiary/aromatic N) is 3. The van der Waals surface area contributed by atoms with E-state index in [4.69, 9.17) is 0 Å². The Kier molecular flexibility index (Phi) is 4.45. The van der Waals surface area contributed by atoms with E-state index in [-0.39, 0.29) is 17.3 Å². The van der Waals surface area contributed by atoms with Crippen LogP contribution in [0.2, 0.25) is 0 Å². The zero-order valence-corrected chi connectivity index (χ0v) is 14.6. The van der Waals surface area contributed by atoms with Crippen LogP contribution in [0.15, 0.2) is 48.5 Å². The van der Waals surface area contributed by atoms with Gasteiger partial charge in [-0.2, -0.15) is 5.10 Å². The van der Waals surface area contributed by atoms with E-state index in [1.165, 1.54) is 17.8 Å². The molecule has 138 valence electrons. The lowest BCUT2D eigenvalue weighted by molar-refractivity contribution is -0.384. The number of nitrogens with one attached hydrogen (secondary N) is 2. The van der Waals surface area contributed by atoms with Gasteiger partial charge in [-0.1, -0.05) is 18.2 Å². The van der Waals surface area contributed by atoms with Gasteiger partial charge < -0.3 is 10.2 Å². The van der Waals surface area contributed by atoms with Crippen LogP contribution in [0, 0.1) is 16.0 Å². The van der Waals surface area contributed by atoms with E-state index in [1.807, 2.05) is 18.2 Å². The molecule has 1 amide bonds. The SMILES string of the molecule is O=C(NC[C@H]1CCN(c2ccccc2)C1)c1n[nH]c2ccc([N+](=O)[O-])cc12. The number of hydrogen-bond acceptors (Lipinski definition) is 5. The quantitative estimate of drug-likeness (QED) is 0.534. The summed E-state index contributed by atoms with van der Waals surface area (Å²) in [5, 5.41) is 21.1.